The predicted octanol–water partition coefficient (Wildman–Crippen LogP) is 8.82. The number of aryl methyl sites for hydroxylation is 1. The number of fused-ring (bicyclic) bond motifs is 3. The topological polar surface area (TPSA) is 184 Å². The highest BCUT2D eigenvalue weighted by atomic mass is 32.1. The summed E-state index contributed by atoms with van der Waals surface area (Å²) in [7, 11) is 1.86. The Hall–Kier alpha value is -7.60. The number of hydrogen-bond acceptors (Lipinski definition) is 13. The minimum absolute atomic E-state index is 0.0503. The summed E-state index contributed by atoms with van der Waals surface area (Å²) in [6.45, 7) is 5.24. The number of thiazole rings is 1. The summed E-state index contributed by atoms with van der Waals surface area (Å²) in [4.78, 5) is 66.4. The Bertz CT molecular complexity index is 3330. The molecule has 20 heteroatoms. The number of pyridine rings is 1. The Labute approximate surface area is 439 Å². The number of halogens is 3. The molecular weight excluding hydrogens is 1000 g/mol. The van der Waals surface area contributed by atoms with E-state index in [0.29, 0.717) is 68.1 Å². The maximum atomic E-state index is 15.2. The lowest BCUT2D eigenvalue weighted by atomic mass is 9.93. The van der Waals surface area contributed by atoms with Gasteiger partial charge in [0.1, 0.15) is 28.3 Å². The Morgan fingerprint density at radius 1 is 0.882 bits per heavy atom. The molecular formula is C56H54F3N9O7S. The van der Waals surface area contributed by atoms with Crippen LogP contribution in [-0.4, -0.2) is 112 Å². The van der Waals surface area contributed by atoms with Crippen molar-refractivity contribution in [1.29, 1.82) is 0 Å². The standard InChI is InChI=1S/C56H54F3N9O7S/c1-65-51-39(49(64-65)40-21-23-47(69)62-53(40)71)11-5-13-43(51)67-29-27-66(28-30-67)25-7-31-74-34-16-18-35(19-17-34)75-44-14-6-9-36(48(44)56(57,58)59)37-20-22-46(61-50(37)54(72)73)68-26-24-33-8-4-10-38(41(33)32-68)52(70)63-55-60-42-12-2-3-15-45(42)76-55/h2-4,6,8-12,14-15,20,22,34-35,40H,7,16-19,21,23-32H2,1H3,(H,72,73)(H,60,63,70)(H,62,69,71). The lowest BCUT2D eigenvalue weighted by molar-refractivity contribution is -0.139. The third kappa shape index (κ3) is 10.4. The van der Waals surface area contributed by atoms with Crippen LogP contribution >= 0.6 is 11.3 Å². The molecule has 6 heterocycles. The van der Waals surface area contributed by atoms with Crippen LogP contribution in [-0.2, 0) is 40.5 Å². The number of piperazine rings is 1. The number of anilines is 3. The summed E-state index contributed by atoms with van der Waals surface area (Å²) >= 11 is 1.36. The Balaban J connectivity index is 0.686. The molecule has 3 aliphatic heterocycles. The molecule has 1 unspecified atom stereocenters. The van der Waals surface area contributed by atoms with E-state index in [1.807, 2.05) is 54.4 Å². The molecule has 4 aliphatic rings. The number of nitrogens with one attached hydrogen (secondary N) is 2. The first-order valence-corrected chi connectivity index (χ1v) is 26.4. The number of para-hydroxylation sites is 1. The summed E-state index contributed by atoms with van der Waals surface area (Å²) in [5, 5.41) is 21.8. The molecule has 1 atom stereocenters. The van der Waals surface area contributed by atoms with Gasteiger partial charge < -0.3 is 24.4 Å². The van der Waals surface area contributed by atoms with Crippen molar-refractivity contribution in [2.75, 3.05) is 61.0 Å². The predicted molar refractivity (Wildman–Crippen MR) is 280 cm³/mol. The van der Waals surface area contributed by atoms with Crippen LogP contribution in [0.15, 0.2) is 78.9 Å². The van der Waals surface area contributed by atoms with Crippen LogP contribution in [0.1, 0.15) is 94.1 Å². The second-order valence-electron chi connectivity index (χ2n) is 19.7. The molecule has 392 valence electrons. The van der Waals surface area contributed by atoms with Crippen LogP contribution in [0.2, 0.25) is 0 Å². The maximum absolute atomic E-state index is 15.2. The highest BCUT2D eigenvalue weighted by molar-refractivity contribution is 7.22. The van der Waals surface area contributed by atoms with Crippen molar-refractivity contribution < 1.29 is 46.9 Å². The molecule has 3 fully saturated rings. The third-order valence-corrected chi connectivity index (χ3v) is 15.9. The van der Waals surface area contributed by atoms with E-state index in [-0.39, 0.29) is 59.5 Å². The first-order chi connectivity index (χ1) is 36.7. The molecule has 1 saturated carbocycles. The zero-order valence-electron chi connectivity index (χ0n) is 41.6. The van der Waals surface area contributed by atoms with Gasteiger partial charge in [-0.3, -0.25) is 34.6 Å². The molecule has 3 amide bonds. The summed E-state index contributed by atoms with van der Waals surface area (Å²) in [5.74, 6) is -3.03. The molecule has 3 N–H and O–H groups in total. The Morgan fingerprint density at radius 2 is 1.67 bits per heavy atom. The largest absolute Gasteiger partial charge is 0.490 e. The van der Waals surface area contributed by atoms with Crippen LogP contribution in [0, 0.1) is 12.1 Å². The Morgan fingerprint density at radius 3 is 2.45 bits per heavy atom. The summed E-state index contributed by atoms with van der Waals surface area (Å²) in [5.41, 5.74) is 3.17. The summed E-state index contributed by atoms with van der Waals surface area (Å²) in [6, 6.07) is 28.1. The van der Waals surface area contributed by atoms with Crippen LogP contribution < -0.4 is 25.2 Å². The van der Waals surface area contributed by atoms with Gasteiger partial charge in [-0.05, 0) is 98.5 Å². The van der Waals surface area contributed by atoms with E-state index in [0.717, 1.165) is 77.1 Å². The van der Waals surface area contributed by atoms with E-state index in [1.165, 1.54) is 41.7 Å². The monoisotopic (exact) mass is 1050 g/mol. The number of piperidine rings is 1. The summed E-state index contributed by atoms with van der Waals surface area (Å²) < 4.78 is 60.6. The number of amides is 3. The second kappa shape index (κ2) is 21.2. The van der Waals surface area contributed by atoms with Crippen molar-refractivity contribution >= 4 is 72.8 Å². The molecule has 1 aliphatic carbocycles. The minimum atomic E-state index is -4.89. The fourth-order valence-electron chi connectivity index (χ4n) is 11.1. The van der Waals surface area contributed by atoms with E-state index in [9.17, 15) is 24.3 Å². The van der Waals surface area contributed by atoms with E-state index in [4.69, 9.17) is 14.6 Å². The van der Waals surface area contributed by atoms with Gasteiger partial charge in [-0.25, -0.2) is 14.8 Å². The van der Waals surface area contributed by atoms with E-state index < -0.39 is 35.4 Å². The molecule has 11 rings (SSSR count). The van der Waals surface area contributed by atoms with Crippen LogP contribution in [0.3, 0.4) is 0 Å². The zero-order valence-corrected chi connectivity index (χ0v) is 42.4. The van der Waals surface area contributed by atoms with Crippen molar-refractivity contribution in [3.63, 3.8) is 0 Å². The number of aromatic carboxylic acids is 1. The van der Waals surface area contributed by atoms with Gasteiger partial charge in [0, 0.05) is 94.0 Å². The number of hydrogen-bond donors (Lipinski definition) is 3. The molecule has 3 aromatic heterocycles. The number of carboxylic acid groups (broad SMARTS) is 1. The number of alkyl halides is 3. The van der Waals surface area contributed by atoms with Gasteiger partial charge in [0.2, 0.25) is 11.8 Å². The highest BCUT2D eigenvalue weighted by Crippen LogP contribution is 2.45. The lowest BCUT2D eigenvalue weighted by Gasteiger charge is -2.35. The van der Waals surface area contributed by atoms with Crippen molar-refractivity contribution in [1.82, 2.24) is 30.0 Å². The van der Waals surface area contributed by atoms with Crippen LogP contribution in [0.25, 0.3) is 32.2 Å². The second-order valence-corrected chi connectivity index (χ2v) is 20.7. The van der Waals surface area contributed by atoms with E-state index in [1.54, 1.807) is 10.7 Å². The van der Waals surface area contributed by atoms with Crippen molar-refractivity contribution in [3.8, 4) is 16.9 Å². The first kappa shape index (κ1) is 50.6. The first-order valence-electron chi connectivity index (χ1n) is 25.6. The molecule has 4 aromatic carbocycles. The SMILES string of the molecule is Cn1nc(C2CCC(=O)NC2=O)c2cc#cc(N3CCN(CCCOC4CCC(Oc5cccc(-c6ccc(N7CCc8cccc(C(=O)Nc9nc%10ccccc%10s9)c8C7)nc6C(=O)O)c5C(F)(F)F)CC4)CC3)c21. The van der Waals surface area contributed by atoms with Gasteiger partial charge in [0.25, 0.3) is 5.91 Å². The number of nitrogens with zero attached hydrogens (tertiary/aromatic N) is 7. The van der Waals surface area contributed by atoms with Crippen molar-refractivity contribution in [2.45, 2.75) is 82.2 Å². The van der Waals surface area contributed by atoms with E-state index >= 15 is 13.2 Å². The summed E-state index contributed by atoms with van der Waals surface area (Å²) in [6.07, 6.45) is -1.20. The van der Waals surface area contributed by atoms with Gasteiger partial charge in [-0.2, -0.15) is 18.3 Å². The molecule has 16 nitrogen and oxygen atoms in total. The smallest absolute Gasteiger partial charge is 0.420 e. The number of carbonyl (C=O) groups excluding carboxylic acids is 3. The Kier molecular flexibility index (Phi) is 14.1. The van der Waals surface area contributed by atoms with Gasteiger partial charge in [0.05, 0.1) is 34.0 Å². The van der Waals surface area contributed by atoms with Gasteiger partial charge in [0.15, 0.2) is 10.8 Å². The molecule has 2 saturated heterocycles. The average molecular weight is 1050 g/mol. The quantitative estimate of drug-likeness (QED) is 0.0694. The number of rotatable bonds is 14. The fourth-order valence-corrected chi connectivity index (χ4v) is 12.0. The van der Waals surface area contributed by atoms with Crippen molar-refractivity contribution in [2.24, 2.45) is 7.05 Å². The lowest BCUT2D eigenvalue weighted by Crippen LogP contribution is -2.46. The third-order valence-electron chi connectivity index (χ3n) is 14.9. The zero-order chi connectivity index (χ0) is 52.7. The van der Waals surface area contributed by atoms with Gasteiger partial charge in [-0.15, -0.1) is 0 Å². The number of carboxylic acids is 1. The van der Waals surface area contributed by atoms with Crippen LogP contribution in [0.4, 0.5) is 29.8 Å². The molecule has 0 radical (unpaired) electrons. The molecule has 0 bridgehead atoms. The number of aromatic nitrogens is 4. The number of benzene rings is 3. The number of ether oxygens (including phenoxy) is 2. The van der Waals surface area contributed by atoms with Gasteiger partial charge >= 0.3 is 12.1 Å². The maximum Gasteiger partial charge on any atom is 0.420 e. The van der Waals surface area contributed by atoms with Crippen LogP contribution in [0.5, 0.6) is 5.75 Å². The average Bonchev–Trinajstić information content (AvgIpc) is 4.04. The number of imide groups is 1. The van der Waals surface area contributed by atoms with Crippen molar-refractivity contribution in [3.05, 3.63) is 125 Å². The molecule has 7 aromatic rings. The fraction of sp³-hybridized carbons (Fsp3) is 0.375. The van der Waals surface area contributed by atoms with Gasteiger partial charge in [-0.1, -0.05) is 53.8 Å². The normalized spacial score (nSPS) is 19.3. The number of carbonyl (C=O) groups is 4. The molecule has 0 spiro atoms. The highest BCUT2D eigenvalue weighted by Gasteiger charge is 2.40. The van der Waals surface area contributed by atoms with E-state index in [2.05, 4.69) is 42.5 Å². The minimum Gasteiger partial charge on any atom is -0.490 e. The molecule has 76 heavy (non-hydrogen) atoms.